The maximum absolute atomic E-state index is 6.00. The molecule has 1 aliphatic carbocycles. The zero-order chi connectivity index (χ0) is 13.8. The Kier molecular flexibility index (Phi) is 4.64. The summed E-state index contributed by atoms with van der Waals surface area (Å²) in [5.74, 6) is 6.00. The summed E-state index contributed by atoms with van der Waals surface area (Å²) in [6, 6.07) is 0.267. The molecule has 1 saturated carbocycles. The van der Waals surface area contributed by atoms with Crippen LogP contribution in [0.4, 0.5) is 0 Å². The molecule has 2 fully saturated rings. The molecule has 3 rings (SSSR count). The van der Waals surface area contributed by atoms with E-state index in [0.29, 0.717) is 0 Å². The van der Waals surface area contributed by atoms with Gasteiger partial charge in [0.2, 0.25) is 0 Å². The Morgan fingerprint density at radius 3 is 2.45 bits per heavy atom. The number of rotatable bonds is 4. The molecule has 20 heavy (non-hydrogen) atoms. The van der Waals surface area contributed by atoms with Crippen molar-refractivity contribution in [3.05, 3.63) is 11.8 Å². The summed E-state index contributed by atoms with van der Waals surface area (Å²) in [5, 5.41) is 0. The highest BCUT2D eigenvalue weighted by molar-refractivity contribution is 5.20. The summed E-state index contributed by atoms with van der Waals surface area (Å²) < 4.78 is 5.58. The van der Waals surface area contributed by atoms with Crippen molar-refractivity contribution in [2.75, 3.05) is 19.7 Å². The zero-order valence-electron chi connectivity index (χ0n) is 12.6. The molecule has 1 saturated heterocycles. The number of likely N-dealkylation sites (tertiary alicyclic amines) is 1. The van der Waals surface area contributed by atoms with E-state index >= 15 is 0 Å². The second-order valence-corrected chi connectivity index (χ2v) is 6.63. The van der Waals surface area contributed by atoms with Crippen LogP contribution in [0.3, 0.4) is 0 Å². The van der Waals surface area contributed by atoms with E-state index in [1.165, 1.54) is 63.6 Å². The van der Waals surface area contributed by atoms with E-state index in [0.717, 1.165) is 19.4 Å². The molecule has 0 aromatic carbocycles. The lowest BCUT2D eigenvalue weighted by atomic mass is 9.79. The Balaban J connectivity index is 1.85. The number of piperidine rings is 1. The first-order valence-electron chi connectivity index (χ1n) is 8.38. The van der Waals surface area contributed by atoms with Crippen LogP contribution in [0.25, 0.3) is 0 Å². The fourth-order valence-electron chi connectivity index (χ4n) is 4.52. The number of hydrogen-bond donors (Lipinski definition) is 2. The van der Waals surface area contributed by atoms with E-state index in [9.17, 15) is 0 Å². The van der Waals surface area contributed by atoms with Crippen LogP contribution in [0.2, 0.25) is 0 Å². The minimum Gasteiger partial charge on any atom is -0.501 e. The number of hydrogen-bond acceptors (Lipinski definition) is 4. The Morgan fingerprint density at radius 1 is 1.10 bits per heavy atom. The van der Waals surface area contributed by atoms with Gasteiger partial charge < -0.3 is 4.74 Å². The third-order valence-corrected chi connectivity index (χ3v) is 5.49. The van der Waals surface area contributed by atoms with Gasteiger partial charge in [-0.05, 0) is 57.2 Å². The van der Waals surface area contributed by atoms with Crippen molar-refractivity contribution in [3.8, 4) is 0 Å². The monoisotopic (exact) mass is 279 g/mol. The Labute approximate surface area is 122 Å². The summed E-state index contributed by atoms with van der Waals surface area (Å²) in [6.45, 7) is 3.34. The quantitative estimate of drug-likeness (QED) is 0.612. The number of nitrogens with two attached hydrogens (primary N) is 1. The van der Waals surface area contributed by atoms with Crippen LogP contribution < -0.4 is 11.3 Å². The van der Waals surface area contributed by atoms with Crippen molar-refractivity contribution in [2.24, 2.45) is 5.84 Å². The second kappa shape index (κ2) is 6.46. The molecule has 3 N–H and O–H groups in total. The van der Waals surface area contributed by atoms with Gasteiger partial charge in [-0.1, -0.05) is 19.3 Å². The molecule has 4 heteroatoms. The predicted molar refractivity (Wildman–Crippen MR) is 81.0 cm³/mol. The molecule has 2 aliphatic heterocycles. The largest absolute Gasteiger partial charge is 0.501 e. The molecular weight excluding hydrogens is 250 g/mol. The summed E-state index contributed by atoms with van der Waals surface area (Å²) in [6.07, 6.45) is 13.5. The van der Waals surface area contributed by atoms with Crippen LogP contribution in [0.15, 0.2) is 11.8 Å². The van der Waals surface area contributed by atoms with E-state index in [1.54, 1.807) is 0 Å². The van der Waals surface area contributed by atoms with Gasteiger partial charge in [0, 0.05) is 5.54 Å². The predicted octanol–water partition coefficient (Wildman–Crippen LogP) is 2.31. The molecule has 0 bridgehead atoms. The van der Waals surface area contributed by atoms with Gasteiger partial charge in [-0.25, -0.2) is 0 Å². The van der Waals surface area contributed by atoms with Gasteiger partial charge in [0.25, 0.3) is 0 Å². The van der Waals surface area contributed by atoms with Gasteiger partial charge in [0.1, 0.15) is 0 Å². The van der Waals surface area contributed by atoms with Crippen LogP contribution in [0.1, 0.15) is 57.8 Å². The van der Waals surface area contributed by atoms with Gasteiger partial charge in [-0.3, -0.25) is 16.2 Å². The highest BCUT2D eigenvalue weighted by atomic mass is 16.5. The van der Waals surface area contributed by atoms with Crippen molar-refractivity contribution in [2.45, 2.75) is 69.4 Å². The van der Waals surface area contributed by atoms with Crippen LogP contribution in [0, 0.1) is 0 Å². The minimum absolute atomic E-state index is 0.238. The van der Waals surface area contributed by atoms with E-state index in [-0.39, 0.29) is 11.6 Å². The fourth-order valence-corrected chi connectivity index (χ4v) is 4.52. The number of nitrogens with zero attached hydrogens (tertiary/aromatic N) is 1. The van der Waals surface area contributed by atoms with Crippen molar-refractivity contribution >= 4 is 0 Å². The Morgan fingerprint density at radius 2 is 1.85 bits per heavy atom. The molecule has 3 aliphatic rings. The van der Waals surface area contributed by atoms with Crippen LogP contribution >= 0.6 is 0 Å². The maximum atomic E-state index is 6.00. The minimum atomic E-state index is 0.238. The summed E-state index contributed by atoms with van der Waals surface area (Å²) >= 11 is 0. The molecule has 0 amide bonds. The van der Waals surface area contributed by atoms with Crippen molar-refractivity contribution in [1.29, 1.82) is 0 Å². The summed E-state index contributed by atoms with van der Waals surface area (Å²) in [4.78, 5) is 2.74. The lowest BCUT2D eigenvalue weighted by Gasteiger charge is -2.49. The summed E-state index contributed by atoms with van der Waals surface area (Å²) in [5.41, 5.74) is 4.78. The Bertz CT molecular complexity index is 344. The highest BCUT2D eigenvalue weighted by Crippen LogP contribution is 2.42. The highest BCUT2D eigenvalue weighted by Gasteiger charge is 2.47. The standard InChI is InChI=1S/C16H29N3O/c17-18-15(14-7-6-12-20-13-14)16(8-2-3-9-16)19-10-4-1-5-11-19/h13,15,18H,1-12,17H2. The van der Waals surface area contributed by atoms with Gasteiger partial charge in [0.05, 0.1) is 18.9 Å². The number of nitrogens with one attached hydrogen (secondary N) is 1. The van der Waals surface area contributed by atoms with Crippen molar-refractivity contribution in [3.63, 3.8) is 0 Å². The molecule has 4 nitrogen and oxygen atoms in total. The molecular formula is C16H29N3O. The van der Waals surface area contributed by atoms with Crippen molar-refractivity contribution in [1.82, 2.24) is 10.3 Å². The van der Waals surface area contributed by atoms with E-state index < -0.39 is 0 Å². The number of hydrazine groups is 1. The first-order chi connectivity index (χ1) is 9.87. The van der Waals surface area contributed by atoms with Gasteiger partial charge >= 0.3 is 0 Å². The molecule has 0 aromatic heterocycles. The lowest BCUT2D eigenvalue weighted by molar-refractivity contribution is 0.0431. The molecule has 0 radical (unpaired) electrons. The molecule has 114 valence electrons. The molecule has 1 atom stereocenters. The third-order valence-electron chi connectivity index (χ3n) is 5.49. The van der Waals surface area contributed by atoms with E-state index in [4.69, 9.17) is 10.6 Å². The average molecular weight is 279 g/mol. The summed E-state index contributed by atoms with van der Waals surface area (Å²) in [7, 11) is 0. The van der Waals surface area contributed by atoms with Crippen molar-refractivity contribution < 1.29 is 4.74 Å². The lowest BCUT2D eigenvalue weighted by Crippen LogP contribution is -2.63. The smallest absolute Gasteiger partial charge is 0.0876 e. The Hall–Kier alpha value is -0.580. The number of ether oxygens (including phenoxy) is 1. The van der Waals surface area contributed by atoms with Crippen LogP contribution in [0.5, 0.6) is 0 Å². The first-order valence-corrected chi connectivity index (χ1v) is 8.38. The van der Waals surface area contributed by atoms with E-state index in [2.05, 4.69) is 10.3 Å². The van der Waals surface area contributed by atoms with Crippen LogP contribution in [-0.4, -0.2) is 36.2 Å². The van der Waals surface area contributed by atoms with Crippen LogP contribution in [-0.2, 0) is 4.74 Å². The second-order valence-electron chi connectivity index (χ2n) is 6.63. The average Bonchev–Trinajstić information content (AvgIpc) is 3.01. The maximum Gasteiger partial charge on any atom is 0.0876 e. The third kappa shape index (κ3) is 2.61. The SMILES string of the molecule is NNC(C1=COCCC1)C1(N2CCCCC2)CCCC1. The molecule has 2 heterocycles. The molecule has 1 unspecified atom stereocenters. The zero-order valence-corrected chi connectivity index (χ0v) is 12.6. The van der Waals surface area contributed by atoms with Gasteiger partial charge in [-0.2, -0.15) is 0 Å². The van der Waals surface area contributed by atoms with E-state index in [1.807, 2.05) is 6.26 Å². The molecule has 0 aromatic rings. The first kappa shape index (κ1) is 14.4. The fraction of sp³-hybridized carbons (Fsp3) is 0.875. The van der Waals surface area contributed by atoms with Gasteiger partial charge in [0.15, 0.2) is 0 Å². The molecule has 0 spiro atoms. The normalized spacial score (nSPS) is 28.8. The van der Waals surface area contributed by atoms with Gasteiger partial charge in [-0.15, -0.1) is 0 Å². The topological polar surface area (TPSA) is 50.5 Å².